The number of halogens is 1. The number of morpholine rings is 1. The molecule has 2 unspecified atom stereocenters. The Morgan fingerprint density at radius 2 is 2.08 bits per heavy atom. The van der Waals surface area contributed by atoms with Crippen LogP contribution in [0.1, 0.15) is 19.4 Å². The van der Waals surface area contributed by atoms with Gasteiger partial charge in [-0.3, -0.25) is 4.98 Å². The third-order valence-electron chi connectivity index (χ3n) is 4.36. The molecule has 4 rings (SSSR count). The Morgan fingerprint density at radius 1 is 1.27 bits per heavy atom. The molecule has 1 saturated heterocycles. The van der Waals surface area contributed by atoms with Crippen molar-refractivity contribution in [3.8, 4) is 0 Å². The van der Waals surface area contributed by atoms with Gasteiger partial charge in [0.05, 0.1) is 22.9 Å². The van der Waals surface area contributed by atoms with Gasteiger partial charge in [-0.2, -0.15) is 9.61 Å². The molecule has 1 fully saturated rings. The lowest BCUT2D eigenvalue weighted by molar-refractivity contribution is -0.00545. The number of anilines is 2. The van der Waals surface area contributed by atoms with Crippen LogP contribution in [0, 0.1) is 0 Å². The quantitative estimate of drug-likeness (QED) is 0.704. The maximum atomic E-state index is 5.85. The van der Waals surface area contributed by atoms with Crippen molar-refractivity contribution in [2.75, 3.05) is 23.3 Å². The van der Waals surface area contributed by atoms with E-state index in [4.69, 9.17) is 9.72 Å². The smallest absolute Gasteiger partial charge is 0.173 e. The van der Waals surface area contributed by atoms with Gasteiger partial charge in [0.25, 0.3) is 0 Å². The predicted molar refractivity (Wildman–Crippen MR) is 104 cm³/mol. The Bertz CT molecular complexity index is 889. The number of hydrogen-bond donors (Lipinski definition) is 1. The molecular weight excluding hydrogens is 396 g/mol. The first-order valence-corrected chi connectivity index (χ1v) is 9.47. The van der Waals surface area contributed by atoms with Crippen LogP contribution in [0.3, 0.4) is 0 Å². The molecule has 0 radical (unpaired) electrons. The number of ether oxygens (including phenoxy) is 1. The van der Waals surface area contributed by atoms with Crippen molar-refractivity contribution in [1.29, 1.82) is 0 Å². The average molecular weight is 417 g/mol. The lowest BCUT2D eigenvalue weighted by Crippen LogP contribution is -2.45. The summed E-state index contributed by atoms with van der Waals surface area (Å²) in [5.41, 5.74) is 1.90. The van der Waals surface area contributed by atoms with Gasteiger partial charge in [0.1, 0.15) is 11.6 Å². The third-order valence-corrected chi connectivity index (χ3v) is 4.91. The second kappa shape index (κ2) is 7.20. The zero-order chi connectivity index (χ0) is 18.1. The summed E-state index contributed by atoms with van der Waals surface area (Å²) in [5, 5.41) is 7.89. The predicted octanol–water partition coefficient (Wildman–Crippen LogP) is 3.11. The summed E-state index contributed by atoms with van der Waals surface area (Å²) in [6.07, 6.45) is 5.76. The summed E-state index contributed by atoms with van der Waals surface area (Å²) in [6, 6.07) is 6.03. The van der Waals surface area contributed by atoms with E-state index in [2.05, 4.69) is 50.1 Å². The summed E-state index contributed by atoms with van der Waals surface area (Å²) >= 11 is 3.55. The fraction of sp³-hybridized carbons (Fsp3) is 0.389. The molecule has 1 aliphatic heterocycles. The lowest BCUT2D eigenvalue weighted by atomic mass is 10.2. The molecule has 0 spiro atoms. The van der Waals surface area contributed by atoms with E-state index in [-0.39, 0.29) is 12.2 Å². The topological polar surface area (TPSA) is 67.6 Å². The van der Waals surface area contributed by atoms with Crippen LogP contribution in [0.2, 0.25) is 0 Å². The molecular formula is C18H21BrN6O. The first kappa shape index (κ1) is 17.2. The fourth-order valence-electron chi connectivity index (χ4n) is 3.27. The van der Waals surface area contributed by atoms with Gasteiger partial charge in [0, 0.05) is 38.1 Å². The molecule has 3 aromatic heterocycles. The van der Waals surface area contributed by atoms with Crippen molar-refractivity contribution in [3.63, 3.8) is 0 Å². The maximum Gasteiger partial charge on any atom is 0.173 e. The number of aromatic nitrogens is 4. The Kier molecular flexibility index (Phi) is 4.78. The van der Waals surface area contributed by atoms with Crippen molar-refractivity contribution < 1.29 is 4.74 Å². The zero-order valence-corrected chi connectivity index (χ0v) is 16.3. The van der Waals surface area contributed by atoms with Crippen molar-refractivity contribution in [1.82, 2.24) is 19.6 Å². The van der Waals surface area contributed by atoms with E-state index < -0.39 is 0 Å². The molecule has 0 amide bonds. The van der Waals surface area contributed by atoms with E-state index in [0.717, 1.165) is 40.4 Å². The van der Waals surface area contributed by atoms with Crippen LogP contribution in [0.5, 0.6) is 0 Å². The van der Waals surface area contributed by atoms with Crippen LogP contribution < -0.4 is 10.2 Å². The van der Waals surface area contributed by atoms with Gasteiger partial charge in [-0.15, -0.1) is 0 Å². The standard InChI is InChI=1S/C18H21BrN6O/c1-12-10-24(11-13(2)26-12)17-6-16(21-8-14-4-3-5-20-7-14)25-18(23-17)15(19)9-22-25/h3-7,9,12-13,21H,8,10-11H2,1-2H3. The minimum atomic E-state index is 0.178. The minimum absolute atomic E-state index is 0.178. The summed E-state index contributed by atoms with van der Waals surface area (Å²) in [6.45, 7) is 6.50. The number of hydrogen-bond acceptors (Lipinski definition) is 6. The highest BCUT2D eigenvalue weighted by Crippen LogP contribution is 2.26. The molecule has 4 heterocycles. The van der Waals surface area contributed by atoms with Gasteiger partial charge in [-0.25, -0.2) is 4.98 Å². The SMILES string of the molecule is CC1CN(c2cc(NCc3cccnc3)n3ncc(Br)c3n2)CC(C)O1. The highest BCUT2D eigenvalue weighted by molar-refractivity contribution is 9.10. The molecule has 7 nitrogen and oxygen atoms in total. The second-order valence-corrected chi connectivity index (χ2v) is 7.46. The largest absolute Gasteiger partial charge is 0.372 e. The summed E-state index contributed by atoms with van der Waals surface area (Å²) in [4.78, 5) is 11.3. The van der Waals surface area contributed by atoms with Crippen molar-refractivity contribution in [2.24, 2.45) is 0 Å². The van der Waals surface area contributed by atoms with Gasteiger partial charge in [0.15, 0.2) is 5.65 Å². The van der Waals surface area contributed by atoms with Crippen LogP contribution >= 0.6 is 15.9 Å². The van der Waals surface area contributed by atoms with E-state index >= 15 is 0 Å². The molecule has 0 aromatic carbocycles. The van der Waals surface area contributed by atoms with Gasteiger partial charge < -0.3 is 15.0 Å². The number of nitrogens with zero attached hydrogens (tertiary/aromatic N) is 5. The molecule has 0 aliphatic carbocycles. The second-order valence-electron chi connectivity index (χ2n) is 6.60. The van der Waals surface area contributed by atoms with Crippen LogP contribution in [0.4, 0.5) is 11.6 Å². The molecule has 0 saturated carbocycles. The van der Waals surface area contributed by atoms with E-state index in [0.29, 0.717) is 6.54 Å². The van der Waals surface area contributed by atoms with E-state index in [1.807, 2.05) is 28.9 Å². The number of fused-ring (bicyclic) bond motifs is 1. The van der Waals surface area contributed by atoms with Crippen molar-refractivity contribution in [3.05, 3.63) is 46.8 Å². The summed E-state index contributed by atoms with van der Waals surface area (Å²) in [7, 11) is 0. The molecule has 136 valence electrons. The Balaban J connectivity index is 1.67. The molecule has 0 bridgehead atoms. The van der Waals surface area contributed by atoms with Crippen LogP contribution in [-0.2, 0) is 11.3 Å². The Morgan fingerprint density at radius 3 is 2.81 bits per heavy atom. The highest BCUT2D eigenvalue weighted by atomic mass is 79.9. The first-order valence-electron chi connectivity index (χ1n) is 8.67. The molecule has 3 aromatic rings. The molecule has 1 aliphatic rings. The van der Waals surface area contributed by atoms with E-state index in [9.17, 15) is 0 Å². The van der Waals surface area contributed by atoms with Gasteiger partial charge >= 0.3 is 0 Å². The van der Waals surface area contributed by atoms with E-state index in [1.165, 1.54) is 0 Å². The zero-order valence-electron chi connectivity index (χ0n) is 14.8. The van der Waals surface area contributed by atoms with Gasteiger partial charge in [0.2, 0.25) is 0 Å². The highest BCUT2D eigenvalue weighted by Gasteiger charge is 2.24. The van der Waals surface area contributed by atoms with Crippen LogP contribution in [0.25, 0.3) is 5.65 Å². The van der Waals surface area contributed by atoms with Gasteiger partial charge in [-0.05, 0) is 41.4 Å². The number of pyridine rings is 1. The number of rotatable bonds is 4. The van der Waals surface area contributed by atoms with Crippen LogP contribution in [-0.4, -0.2) is 44.9 Å². The fourth-order valence-corrected chi connectivity index (χ4v) is 3.62. The monoisotopic (exact) mass is 416 g/mol. The van der Waals surface area contributed by atoms with Crippen molar-refractivity contribution in [2.45, 2.75) is 32.6 Å². The Hall–Kier alpha value is -2.19. The van der Waals surface area contributed by atoms with Gasteiger partial charge in [-0.1, -0.05) is 6.07 Å². The molecule has 2 atom stereocenters. The van der Waals surface area contributed by atoms with Crippen molar-refractivity contribution >= 4 is 33.2 Å². The maximum absolute atomic E-state index is 5.85. The first-order chi connectivity index (χ1) is 12.6. The molecule has 26 heavy (non-hydrogen) atoms. The summed E-state index contributed by atoms with van der Waals surface area (Å²) in [5.74, 6) is 1.82. The van der Waals surface area contributed by atoms with E-state index in [1.54, 1.807) is 12.4 Å². The lowest BCUT2D eigenvalue weighted by Gasteiger charge is -2.36. The minimum Gasteiger partial charge on any atom is -0.372 e. The summed E-state index contributed by atoms with van der Waals surface area (Å²) < 4.78 is 8.54. The van der Waals surface area contributed by atoms with Crippen LogP contribution in [0.15, 0.2) is 41.3 Å². The normalized spacial score (nSPS) is 20.5. The average Bonchev–Trinajstić information content (AvgIpc) is 3.01. The Labute approximate surface area is 160 Å². The third kappa shape index (κ3) is 3.52. The molecule has 8 heteroatoms. The number of nitrogens with one attached hydrogen (secondary N) is 1. The molecule has 1 N–H and O–H groups in total.